The molecule has 2 N–H and O–H groups in total. The number of carbonyl (C=O) groups is 1. The number of nitrogens with zero attached hydrogens (tertiary/aromatic N) is 1. The first-order chi connectivity index (χ1) is 9.60. The summed E-state index contributed by atoms with van der Waals surface area (Å²) in [5.41, 5.74) is 0.237. The van der Waals surface area contributed by atoms with E-state index in [0.29, 0.717) is 24.7 Å². The molecule has 6 nitrogen and oxygen atoms in total. The summed E-state index contributed by atoms with van der Waals surface area (Å²) in [6.07, 6.45) is 2.06. The number of aryl methyl sites for hydroxylation is 1. The molecule has 0 atom stereocenters. The van der Waals surface area contributed by atoms with Gasteiger partial charge in [0.25, 0.3) is 0 Å². The van der Waals surface area contributed by atoms with Gasteiger partial charge in [0.05, 0.1) is 25.9 Å². The predicted molar refractivity (Wildman–Crippen MR) is 71.7 cm³/mol. The van der Waals surface area contributed by atoms with Crippen molar-refractivity contribution in [1.82, 2.24) is 4.90 Å². The molecule has 1 aliphatic rings. The highest BCUT2D eigenvalue weighted by molar-refractivity contribution is 5.88. The molecule has 6 heteroatoms. The topological polar surface area (TPSA) is 83.1 Å². The number of furan rings is 1. The van der Waals surface area contributed by atoms with Gasteiger partial charge >= 0.3 is 5.97 Å². The van der Waals surface area contributed by atoms with E-state index in [4.69, 9.17) is 19.4 Å². The van der Waals surface area contributed by atoms with Gasteiger partial charge in [0.15, 0.2) is 0 Å². The molecule has 1 aromatic rings. The second-order valence-electron chi connectivity index (χ2n) is 5.06. The lowest BCUT2D eigenvalue weighted by Gasteiger charge is -2.31. The van der Waals surface area contributed by atoms with Crippen molar-refractivity contribution in [2.45, 2.75) is 32.4 Å². The summed E-state index contributed by atoms with van der Waals surface area (Å²) in [5.74, 6) is 0.192. The molecule has 1 saturated heterocycles. The summed E-state index contributed by atoms with van der Waals surface area (Å²) in [7, 11) is 0. The van der Waals surface area contributed by atoms with Crippen molar-refractivity contribution in [2.75, 3.05) is 26.3 Å². The third-order valence-corrected chi connectivity index (χ3v) is 3.56. The van der Waals surface area contributed by atoms with Crippen molar-refractivity contribution in [3.63, 3.8) is 0 Å². The Morgan fingerprint density at radius 2 is 2.20 bits per heavy atom. The van der Waals surface area contributed by atoms with Crippen molar-refractivity contribution in [3.8, 4) is 0 Å². The fourth-order valence-corrected chi connectivity index (χ4v) is 2.51. The summed E-state index contributed by atoms with van der Waals surface area (Å²) in [6.45, 7) is 4.52. The van der Waals surface area contributed by atoms with Crippen LogP contribution >= 0.6 is 0 Å². The largest absolute Gasteiger partial charge is 0.478 e. The summed E-state index contributed by atoms with van der Waals surface area (Å²) in [5, 5.41) is 17.7. The van der Waals surface area contributed by atoms with Crippen LogP contribution in [0.3, 0.4) is 0 Å². The third-order valence-electron chi connectivity index (χ3n) is 3.56. The molecule has 0 unspecified atom stereocenters. The Bertz CT molecular complexity index is 448. The zero-order valence-corrected chi connectivity index (χ0v) is 11.7. The Morgan fingerprint density at radius 1 is 1.50 bits per heavy atom. The number of carboxylic acids is 1. The molecule has 0 saturated carbocycles. The van der Waals surface area contributed by atoms with E-state index in [-0.39, 0.29) is 18.3 Å². The van der Waals surface area contributed by atoms with Gasteiger partial charge in [-0.15, -0.1) is 0 Å². The molecular formula is C14H21NO5. The van der Waals surface area contributed by atoms with E-state index >= 15 is 0 Å². The first-order valence-electron chi connectivity index (χ1n) is 6.87. The van der Waals surface area contributed by atoms with Crippen molar-refractivity contribution in [2.24, 2.45) is 0 Å². The van der Waals surface area contributed by atoms with Crippen molar-refractivity contribution < 1.29 is 24.2 Å². The van der Waals surface area contributed by atoms with Crippen molar-refractivity contribution in [3.05, 3.63) is 23.2 Å². The quantitative estimate of drug-likeness (QED) is 0.818. The number of piperidine rings is 1. The molecule has 1 aliphatic heterocycles. The first kappa shape index (κ1) is 15.0. The van der Waals surface area contributed by atoms with Gasteiger partial charge in [-0.05, 0) is 25.8 Å². The number of aliphatic hydroxyl groups excluding tert-OH is 1. The van der Waals surface area contributed by atoms with Crippen LogP contribution in [0.4, 0.5) is 0 Å². The average Bonchev–Trinajstić information content (AvgIpc) is 2.79. The zero-order valence-electron chi connectivity index (χ0n) is 11.7. The molecule has 2 heterocycles. The second-order valence-corrected chi connectivity index (χ2v) is 5.06. The highest BCUT2D eigenvalue weighted by Crippen LogP contribution is 2.20. The summed E-state index contributed by atoms with van der Waals surface area (Å²) < 4.78 is 11.0. The smallest absolute Gasteiger partial charge is 0.339 e. The Balaban J connectivity index is 1.83. The van der Waals surface area contributed by atoms with Crippen LogP contribution < -0.4 is 0 Å². The Morgan fingerprint density at radius 3 is 2.75 bits per heavy atom. The number of aliphatic hydroxyl groups is 1. The van der Waals surface area contributed by atoms with E-state index in [1.165, 1.54) is 0 Å². The van der Waals surface area contributed by atoms with E-state index in [9.17, 15) is 4.79 Å². The van der Waals surface area contributed by atoms with Crippen LogP contribution in [-0.4, -0.2) is 53.5 Å². The minimum absolute atomic E-state index is 0.0594. The van der Waals surface area contributed by atoms with Crippen LogP contribution in [0.15, 0.2) is 10.5 Å². The molecule has 0 aliphatic carbocycles. The third kappa shape index (κ3) is 3.82. The Hall–Kier alpha value is -1.37. The van der Waals surface area contributed by atoms with Crippen LogP contribution in [0.2, 0.25) is 0 Å². The number of rotatable bonds is 6. The summed E-state index contributed by atoms with van der Waals surface area (Å²) in [6, 6.07) is 1.60. The van der Waals surface area contributed by atoms with E-state index in [0.717, 1.165) is 25.9 Å². The van der Waals surface area contributed by atoms with Gasteiger partial charge in [-0.1, -0.05) is 0 Å². The normalized spacial score (nSPS) is 17.5. The number of hydrogen-bond acceptors (Lipinski definition) is 5. The minimum atomic E-state index is -0.950. The minimum Gasteiger partial charge on any atom is -0.478 e. The van der Waals surface area contributed by atoms with E-state index in [1.807, 2.05) is 0 Å². The SMILES string of the molecule is Cc1oc(CN2CCC(OCCO)CC2)cc1C(=O)O. The zero-order chi connectivity index (χ0) is 14.5. The average molecular weight is 283 g/mol. The Labute approximate surface area is 117 Å². The van der Waals surface area contributed by atoms with Gasteiger partial charge in [-0.25, -0.2) is 4.79 Å². The maximum atomic E-state index is 11.0. The lowest BCUT2D eigenvalue weighted by molar-refractivity contribution is -0.00994. The van der Waals surface area contributed by atoms with Crippen molar-refractivity contribution >= 4 is 5.97 Å². The molecule has 1 fully saturated rings. The molecule has 2 rings (SSSR count). The number of carboxylic acid groups (broad SMARTS) is 1. The van der Waals surface area contributed by atoms with Gasteiger partial charge < -0.3 is 19.4 Å². The standard InChI is InChI=1S/C14H21NO5/c1-10-13(14(17)18)8-12(20-10)9-15-4-2-11(3-5-15)19-7-6-16/h8,11,16H,2-7,9H2,1H3,(H,17,18). The van der Waals surface area contributed by atoms with Crippen LogP contribution in [0.5, 0.6) is 0 Å². The maximum absolute atomic E-state index is 11.0. The van der Waals surface area contributed by atoms with Crippen LogP contribution in [0, 0.1) is 6.92 Å². The lowest BCUT2D eigenvalue weighted by Crippen LogP contribution is -2.36. The van der Waals surface area contributed by atoms with Crippen LogP contribution in [-0.2, 0) is 11.3 Å². The molecular weight excluding hydrogens is 262 g/mol. The van der Waals surface area contributed by atoms with E-state index in [1.54, 1.807) is 13.0 Å². The van der Waals surface area contributed by atoms with E-state index in [2.05, 4.69) is 4.90 Å². The number of likely N-dealkylation sites (tertiary alicyclic amines) is 1. The molecule has 20 heavy (non-hydrogen) atoms. The number of ether oxygens (including phenoxy) is 1. The highest BCUT2D eigenvalue weighted by atomic mass is 16.5. The molecule has 0 bridgehead atoms. The highest BCUT2D eigenvalue weighted by Gasteiger charge is 2.21. The number of hydrogen-bond donors (Lipinski definition) is 2. The summed E-state index contributed by atoms with van der Waals surface area (Å²) in [4.78, 5) is 13.2. The molecule has 0 spiro atoms. The fourth-order valence-electron chi connectivity index (χ4n) is 2.51. The first-order valence-corrected chi connectivity index (χ1v) is 6.87. The predicted octanol–water partition coefficient (Wildman–Crippen LogP) is 1.26. The Kier molecular flexibility index (Phi) is 5.17. The van der Waals surface area contributed by atoms with Crippen molar-refractivity contribution in [1.29, 1.82) is 0 Å². The van der Waals surface area contributed by atoms with Gasteiger partial charge in [0, 0.05) is 13.1 Å². The van der Waals surface area contributed by atoms with Crippen LogP contribution in [0.1, 0.15) is 34.7 Å². The monoisotopic (exact) mass is 283 g/mol. The van der Waals surface area contributed by atoms with Gasteiger partial charge in [-0.3, -0.25) is 4.90 Å². The molecule has 0 aromatic carbocycles. The molecule has 1 aromatic heterocycles. The van der Waals surface area contributed by atoms with Gasteiger partial charge in [-0.2, -0.15) is 0 Å². The fraction of sp³-hybridized carbons (Fsp3) is 0.643. The maximum Gasteiger partial charge on any atom is 0.339 e. The molecule has 112 valence electrons. The second kappa shape index (κ2) is 6.88. The van der Waals surface area contributed by atoms with Gasteiger partial charge in [0.1, 0.15) is 17.1 Å². The van der Waals surface area contributed by atoms with E-state index < -0.39 is 5.97 Å². The van der Waals surface area contributed by atoms with Gasteiger partial charge in [0.2, 0.25) is 0 Å². The molecule has 0 radical (unpaired) electrons. The summed E-state index contributed by atoms with van der Waals surface area (Å²) >= 11 is 0. The van der Waals surface area contributed by atoms with Crippen LogP contribution in [0.25, 0.3) is 0 Å². The lowest BCUT2D eigenvalue weighted by atomic mass is 10.1. The number of aromatic carboxylic acids is 1. The molecule has 0 amide bonds.